The quantitative estimate of drug-likeness (QED) is 0.889. The van der Waals surface area contributed by atoms with E-state index in [-0.39, 0.29) is 6.54 Å². The first-order chi connectivity index (χ1) is 9.93. The summed E-state index contributed by atoms with van der Waals surface area (Å²) in [4.78, 5) is 23.6. The fourth-order valence-electron chi connectivity index (χ4n) is 2.26. The summed E-state index contributed by atoms with van der Waals surface area (Å²) >= 11 is 11.7. The van der Waals surface area contributed by atoms with E-state index in [0.29, 0.717) is 41.7 Å². The van der Waals surface area contributed by atoms with Crippen LogP contribution in [0, 0.1) is 5.41 Å². The van der Waals surface area contributed by atoms with Gasteiger partial charge in [-0.3, -0.25) is 9.59 Å². The van der Waals surface area contributed by atoms with Gasteiger partial charge in [0.25, 0.3) is 5.91 Å². The molecule has 21 heavy (non-hydrogen) atoms. The molecule has 1 amide bonds. The third-order valence-corrected chi connectivity index (χ3v) is 4.05. The van der Waals surface area contributed by atoms with Gasteiger partial charge in [-0.05, 0) is 31.0 Å². The number of halogens is 2. The van der Waals surface area contributed by atoms with Gasteiger partial charge in [-0.1, -0.05) is 23.2 Å². The first-order valence-electron chi connectivity index (χ1n) is 6.48. The van der Waals surface area contributed by atoms with Crippen molar-refractivity contribution in [2.75, 3.05) is 19.8 Å². The maximum atomic E-state index is 12.1. The highest BCUT2D eigenvalue weighted by Gasteiger charge is 2.40. The molecule has 0 aromatic heterocycles. The lowest BCUT2D eigenvalue weighted by atomic mass is 9.80. The summed E-state index contributed by atoms with van der Waals surface area (Å²) < 4.78 is 5.19. The summed E-state index contributed by atoms with van der Waals surface area (Å²) in [5, 5.41) is 12.8. The van der Waals surface area contributed by atoms with Crippen LogP contribution in [0.25, 0.3) is 0 Å². The zero-order valence-corrected chi connectivity index (χ0v) is 12.7. The van der Waals surface area contributed by atoms with Crippen LogP contribution in [0.15, 0.2) is 18.2 Å². The Morgan fingerprint density at radius 3 is 2.29 bits per heavy atom. The lowest BCUT2D eigenvalue weighted by Crippen LogP contribution is -2.46. The summed E-state index contributed by atoms with van der Waals surface area (Å²) in [5.41, 5.74) is -0.670. The van der Waals surface area contributed by atoms with E-state index in [9.17, 15) is 14.7 Å². The van der Waals surface area contributed by atoms with Crippen LogP contribution in [-0.2, 0) is 9.53 Å². The molecule has 2 rings (SSSR count). The van der Waals surface area contributed by atoms with Crippen LogP contribution >= 0.6 is 23.2 Å². The third kappa shape index (κ3) is 3.87. The number of nitrogens with one attached hydrogen (secondary N) is 1. The van der Waals surface area contributed by atoms with E-state index in [1.165, 1.54) is 18.2 Å². The molecule has 1 saturated heterocycles. The first-order valence-corrected chi connectivity index (χ1v) is 7.24. The number of rotatable bonds is 4. The summed E-state index contributed by atoms with van der Waals surface area (Å²) in [6.45, 7) is 0.811. The van der Waals surface area contributed by atoms with Gasteiger partial charge < -0.3 is 15.2 Å². The van der Waals surface area contributed by atoms with Crippen LogP contribution in [0.4, 0.5) is 0 Å². The van der Waals surface area contributed by atoms with Gasteiger partial charge in [0.1, 0.15) is 0 Å². The molecule has 1 aliphatic rings. The Balaban J connectivity index is 2.06. The SMILES string of the molecule is O=C(NCC1(C(=O)O)CCOCC1)c1cc(Cl)cc(Cl)c1. The molecular weight excluding hydrogens is 317 g/mol. The topological polar surface area (TPSA) is 75.6 Å². The van der Waals surface area contributed by atoms with Gasteiger partial charge in [0.15, 0.2) is 0 Å². The highest BCUT2D eigenvalue weighted by Crippen LogP contribution is 2.30. The van der Waals surface area contributed by atoms with Gasteiger partial charge in [-0.25, -0.2) is 0 Å². The van der Waals surface area contributed by atoms with E-state index in [0.717, 1.165) is 0 Å². The maximum Gasteiger partial charge on any atom is 0.311 e. The zero-order chi connectivity index (χ0) is 15.5. The van der Waals surface area contributed by atoms with Crippen molar-refractivity contribution in [3.8, 4) is 0 Å². The Hall–Kier alpha value is -1.30. The highest BCUT2D eigenvalue weighted by molar-refractivity contribution is 6.35. The van der Waals surface area contributed by atoms with Crippen molar-refractivity contribution in [3.63, 3.8) is 0 Å². The monoisotopic (exact) mass is 331 g/mol. The Kier molecular flexibility index (Phi) is 5.08. The molecule has 1 aromatic rings. The van der Waals surface area contributed by atoms with E-state index in [2.05, 4.69) is 5.32 Å². The lowest BCUT2D eigenvalue weighted by molar-refractivity contribution is -0.154. The molecule has 0 bridgehead atoms. The highest BCUT2D eigenvalue weighted by atomic mass is 35.5. The maximum absolute atomic E-state index is 12.1. The van der Waals surface area contributed by atoms with Crippen LogP contribution in [0.5, 0.6) is 0 Å². The molecule has 1 fully saturated rings. The molecular formula is C14H15Cl2NO4. The smallest absolute Gasteiger partial charge is 0.311 e. The molecule has 1 heterocycles. The number of hydrogen-bond acceptors (Lipinski definition) is 3. The summed E-state index contributed by atoms with van der Waals surface area (Å²) in [5.74, 6) is -1.32. The van der Waals surface area contributed by atoms with Crippen molar-refractivity contribution >= 4 is 35.1 Å². The molecule has 114 valence electrons. The minimum Gasteiger partial charge on any atom is -0.481 e. The fraction of sp³-hybridized carbons (Fsp3) is 0.429. The van der Waals surface area contributed by atoms with E-state index in [4.69, 9.17) is 27.9 Å². The normalized spacial score (nSPS) is 17.2. The van der Waals surface area contributed by atoms with Gasteiger partial charge >= 0.3 is 5.97 Å². The van der Waals surface area contributed by atoms with Crippen molar-refractivity contribution in [3.05, 3.63) is 33.8 Å². The van der Waals surface area contributed by atoms with Crippen molar-refractivity contribution in [2.24, 2.45) is 5.41 Å². The predicted octanol–water partition coefficient (Wildman–Crippen LogP) is 2.60. The van der Waals surface area contributed by atoms with Gasteiger partial charge in [-0.15, -0.1) is 0 Å². The molecule has 0 atom stereocenters. The van der Waals surface area contributed by atoms with E-state index >= 15 is 0 Å². The molecule has 0 unspecified atom stereocenters. The average Bonchev–Trinajstić information content (AvgIpc) is 2.44. The molecule has 0 spiro atoms. The summed E-state index contributed by atoms with van der Waals surface area (Å²) in [7, 11) is 0. The predicted molar refractivity (Wildman–Crippen MR) is 78.9 cm³/mol. The van der Waals surface area contributed by atoms with Crippen LogP contribution in [0.1, 0.15) is 23.2 Å². The Labute approximate surface area is 132 Å². The second-order valence-corrected chi connectivity index (χ2v) is 5.91. The number of hydrogen-bond donors (Lipinski definition) is 2. The third-order valence-electron chi connectivity index (χ3n) is 3.62. The van der Waals surface area contributed by atoms with Gasteiger partial charge in [0.2, 0.25) is 0 Å². The average molecular weight is 332 g/mol. The number of aliphatic carboxylic acids is 1. The number of carboxylic acid groups (broad SMARTS) is 1. The summed E-state index contributed by atoms with van der Waals surface area (Å²) in [6.07, 6.45) is 0.748. The second kappa shape index (κ2) is 6.64. The number of ether oxygens (including phenoxy) is 1. The van der Waals surface area contributed by atoms with Crippen molar-refractivity contribution in [2.45, 2.75) is 12.8 Å². The van der Waals surface area contributed by atoms with Crippen LogP contribution in [0.3, 0.4) is 0 Å². The van der Waals surface area contributed by atoms with Gasteiger partial charge in [-0.2, -0.15) is 0 Å². The molecule has 7 heteroatoms. The molecule has 0 saturated carbocycles. The van der Waals surface area contributed by atoms with E-state index in [1.807, 2.05) is 0 Å². The minimum atomic E-state index is -0.976. The lowest BCUT2D eigenvalue weighted by Gasteiger charge is -2.33. The molecule has 1 aliphatic heterocycles. The van der Waals surface area contributed by atoms with Gasteiger partial charge in [0, 0.05) is 35.4 Å². The van der Waals surface area contributed by atoms with Crippen molar-refractivity contribution in [1.82, 2.24) is 5.32 Å². The molecule has 5 nitrogen and oxygen atoms in total. The number of benzene rings is 1. The minimum absolute atomic E-state index is 0.0503. The summed E-state index contributed by atoms with van der Waals surface area (Å²) in [6, 6.07) is 4.50. The molecule has 1 aromatic carbocycles. The second-order valence-electron chi connectivity index (χ2n) is 5.04. The molecule has 0 aliphatic carbocycles. The van der Waals surface area contributed by atoms with Crippen LogP contribution in [0.2, 0.25) is 10.0 Å². The van der Waals surface area contributed by atoms with E-state index in [1.54, 1.807) is 0 Å². The van der Waals surface area contributed by atoms with Crippen molar-refractivity contribution < 1.29 is 19.4 Å². The number of carbonyl (C=O) groups is 2. The van der Waals surface area contributed by atoms with Gasteiger partial charge in [0.05, 0.1) is 5.41 Å². The number of carbonyl (C=O) groups excluding carboxylic acids is 1. The van der Waals surface area contributed by atoms with Crippen LogP contribution < -0.4 is 5.32 Å². The Morgan fingerprint density at radius 2 is 1.76 bits per heavy atom. The molecule has 0 radical (unpaired) electrons. The molecule has 2 N–H and O–H groups in total. The number of carboxylic acids is 1. The zero-order valence-electron chi connectivity index (χ0n) is 11.2. The fourth-order valence-corrected chi connectivity index (χ4v) is 2.79. The number of amides is 1. The van der Waals surface area contributed by atoms with Crippen LogP contribution in [-0.4, -0.2) is 36.7 Å². The Morgan fingerprint density at radius 1 is 1.19 bits per heavy atom. The first kappa shape index (κ1) is 16.1. The van der Waals surface area contributed by atoms with Crippen molar-refractivity contribution in [1.29, 1.82) is 0 Å². The van der Waals surface area contributed by atoms with E-state index < -0.39 is 17.3 Å². The Bertz CT molecular complexity index is 536. The largest absolute Gasteiger partial charge is 0.481 e. The standard InChI is InChI=1S/C14H15Cl2NO4/c15-10-5-9(6-11(16)7-10)12(18)17-8-14(13(19)20)1-3-21-4-2-14/h5-7H,1-4,8H2,(H,17,18)(H,19,20).